The van der Waals surface area contributed by atoms with Gasteiger partial charge in [-0.05, 0) is 81.2 Å². The molecule has 0 fully saturated rings. The largest absolute Gasteiger partial charge is 0.254 e. The highest BCUT2D eigenvalue weighted by Crippen LogP contribution is 2.34. The first-order chi connectivity index (χ1) is 29.7. The third kappa shape index (κ3) is 5.87. The molecule has 0 amide bonds. The Balaban J connectivity index is 0.892. The van der Waals surface area contributed by atoms with E-state index in [-0.39, 0.29) is 0 Å². The van der Waals surface area contributed by atoms with Crippen molar-refractivity contribution in [2.45, 2.75) is 0 Å². The standard InChI is InChI=1S/C53H31N7/c1-2-6-34(7-3-1)51-58-52(43-20-16-35-24-39(14-12-37(35)26-43)45-28-41-18-10-32-8-4-22-54-47(32)49(41)56-30-45)60-53(59-51)44-21-17-36-25-40(15-13-38(36)27-44)46-29-42-19-11-33-9-5-23-55-48(33)50(42)57-31-46/h1-31H. The molecular formula is C53H31N7. The van der Waals surface area contributed by atoms with Gasteiger partial charge >= 0.3 is 0 Å². The van der Waals surface area contributed by atoms with Crippen molar-refractivity contribution >= 4 is 65.2 Å². The van der Waals surface area contributed by atoms with E-state index < -0.39 is 0 Å². The topological polar surface area (TPSA) is 90.2 Å². The molecule has 12 rings (SSSR count). The summed E-state index contributed by atoms with van der Waals surface area (Å²) in [6.45, 7) is 0. The van der Waals surface area contributed by atoms with E-state index in [0.717, 1.165) is 104 Å². The Morgan fingerprint density at radius 3 is 1.08 bits per heavy atom. The lowest BCUT2D eigenvalue weighted by Gasteiger charge is -2.11. The molecule has 0 N–H and O–H groups in total. The summed E-state index contributed by atoms with van der Waals surface area (Å²) >= 11 is 0. The molecule has 7 aromatic carbocycles. The maximum Gasteiger partial charge on any atom is 0.164 e. The zero-order valence-electron chi connectivity index (χ0n) is 32.0. The Labute approximate surface area is 343 Å². The highest BCUT2D eigenvalue weighted by Gasteiger charge is 2.15. The lowest BCUT2D eigenvalue weighted by Crippen LogP contribution is -2.00. The van der Waals surface area contributed by atoms with Crippen LogP contribution in [0.4, 0.5) is 0 Å². The van der Waals surface area contributed by atoms with Gasteiger partial charge in [0.1, 0.15) is 0 Å². The molecule has 7 heteroatoms. The molecule has 0 aliphatic rings. The van der Waals surface area contributed by atoms with Crippen molar-refractivity contribution in [1.82, 2.24) is 34.9 Å². The zero-order chi connectivity index (χ0) is 39.6. The first-order valence-electron chi connectivity index (χ1n) is 19.8. The second kappa shape index (κ2) is 13.7. The summed E-state index contributed by atoms with van der Waals surface area (Å²) in [5.74, 6) is 1.86. The van der Waals surface area contributed by atoms with Crippen LogP contribution in [0.15, 0.2) is 189 Å². The molecule has 0 unspecified atom stereocenters. The van der Waals surface area contributed by atoms with Gasteiger partial charge in [0.05, 0.1) is 22.1 Å². The van der Waals surface area contributed by atoms with Gasteiger partial charge in [0.15, 0.2) is 17.5 Å². The first kappa shape index (κ1) is 33.8. The molecule has 0 aliphatic carbocycles. The summed E-state index contributed by atoms with van der Waals surface area (Å²) in [4.78, 5) is 34.0. The summed E-state index contributed by atoms with van der Waals surface area (Å²) in [6.07, 6.45) is 7.52. The SMILES string of the molecule is c1ccc(-c2nc(-c3ccc4cc(-c5cnc6c(ccc7cccnc76)c5)ccc4c3)nc(-c3ccc4cc(-c5cnc6c(ccc7cccnc76)c5)ccc4c3)n2)cc1. The van der Waals surface area contributed by atoms with Crippen LogP contribution >= 0.6 is 0 Å². The monoisotopic (exact) mass is 765 g/mol. The fourth-order valence-corrected chi connectivity index (χ4v) is 8.27. The number of aromatic nitrogens is 7. The predicted octanol–water partition coefficient (Wildman–Crippen LogP) is 12.7. The molecule has 60 heavy (non-hydrogen) atoms. The Kier molecular flexibility index (Phi) is 7.71. The molecule has 0 atom stereocenters. The van der Waals surface area contributed by atoms with Gasteiger partial charge in [-0.1, -0.05) is 115 Å². The van der Waals surface area contributed by atoms with Crippen LogP contribution in [0.5, 0.6) is 0 Å². The van der Waals surface area contributed by atoms with Crippen LogP contribution < -0.4 is 0 Å². The van der Waals surface area contributed by atoms with Crippen molar-refractivity contribution in [3.63, 3.8) is 0 Å². The van der Waals surface area contributed by atoms with E-state index >= 15 is 0 Å². The summed E-state index contributed by atoms with van der Waals surface area (Å²) in [5.41, 5.74) is 10.7. The molecule has 0 radical (unpaired) electrons. The van der Waals surface area contributed by atoms with Crippen molar-refractivity contribution in [3.05, 3.63) is 189 Å². The van der Waals surface area contributed by atoms with Crippen molar-refractivity contribution < 1.29 is 0 Å². The van der Waals surface area contributed by atoms with Crippen LogP contribution in [-0.4, -0.2) is 34.9 Å². The summed E-state index contributed by atoms with van der Waals surface area (Å²) < 4.78 is 0. The van der Waals surface area contributed by atoms with Gasteiger partial charge in [-0.15, -0.1) is 0 Å². The Bertz CT molecular complexity index is 3460. The average Bonchev–Trinajstić information content (AvgIpc) is 3.33. The van der Waals surface area contributed by atoms with E-state index in [2.05, 4.69) is 131 Å². The maximum atomic E-state index is 5.10. The third-order valence-electron chi connectivity index (χ3n) is 11.4. The predicted molar refractivity (Wildman–Crippen MR) is 243 cm³/mol. The lowest BCUT2D eigenvalue weighted by atomic mass is 9.99. The van der Waals surface area contributed by atoms with Crippen LogP contribution in [0.3, 0.4) is 0 Å². The number of hydrogen-bond donors (Lipinski definition) is 0. The summed E-state index contributed by atoms with van der Waals surface area (Å²) in [6, 6.07) is 56.8. The minimum absolute atomic E-state index is 0.617. The van der Waals surface area contributed by atoms with E-state index in [0.29, 0.717) is 17.5 Å². The molecule has 0 bridgehead atoms. The number of benzene rings is 7. The van der Waals surface area contributed by atoms with Gasteiger partial charge in [0, 0.05) is 74.1 Å². The van der Waals surface area contributed by atoms with E-state index in [1.165, 1.54) is 0 Å². The average molecular weight is 766 g/mol. The van der Waals surface area contributed by atoms with Gasteiger partial charge in [-0.25, -0.2) is 15.0 Å². The van der Waals surface area contributed by atoms with E-state index in [1.54, 1.807) is 0 Å². The molecule has 5 aromatic heterocycles. The van der Waals surface area contributed by atoms with Crippen LogP contribution in [0.1, 0.15) is 0 Å². The normalized spacial score (nSPS) is 11.7. The Hall–Kier alpha value is -8.29. The number of fused-ring (bicyclic) bond motifs is 8. The van der Waals surface area contributed by atoms with E-state index in [9.17, 15) is 0 Å². The second-order valence-corrected chi connectivity index (χ2v) is 15.1. The molecule has 0 saturated carbocycles. The quantitative estimate of drug-likeness (QED) is 0.161. The fraction of sp³-hybridized carbons (Fsp3) is 0. The maximum absolute atomic E-state index is 5.10. The molecule has 278 valence electrons. The molecule has 0 aliphatic heterocycles. The molecule has 7 nitrogen and oxygen atoms in total. The number of pyridine rings is 4. The molecular weight excluding hydrogens is 735 g/mol. The van der Waals surface area contributed by atoms with Crippen LogP contribution in [0.2, 0.25) is 0 Å². The molecule has 12 aromatic rings. The summed E-state index contributed by atoms with van der Waals surface area (Å²) in [7, 11) is 0. The minimum Gasteiger partial charge on any atom is -0.254 e. The number of rotatable bonds is 5. The van der Waals surface area contributed by atoms with Crippen molar-refractivity contribution in [2.75, 3.05) is 0 Å². The lowest BCUT2D eigenvalue weighted by molar-refractivity contribution is 1.08. The van der Waals surface area contributed by atoms with Gasteiger partial charge in [-0.2, -0.15) is 0 Å². The Morgan fingerprint density at radius 2 is 0.600 bits per heavy atom. The molecule has 5 heterocycles. The van der Waals surface area contributed by atoms with E-state index in [1.807, 2.05) is 67.3 Å². The van der Waals surface area contributed by atoms with Crippen molar-refractivity contribution in [2.24, 2.45) is 0 Å². The van der Waals surface area contributed by atoms with Crippen LogP contribution in [0.25, 0.3) is 122 Å². The van der Waals surface area contributed by atoms with Gasteiger partial charge < -0.3 is 0 Å². The van der Waals surface area contributed by atoms with E-state index in [4.69, 9.17) is 24.9 Å². The second-order valence-electron chi connectivity index (χ2n) is 15.1. The fourth-order valence-electron chi connectivity index (χ4n) is 8.27. The van der Waals surface area contributed by atoms with Crippen LogP contribution in [-0.2, 0) is 0 Å². The van der Waals surface area contributed by atoms with Gasteiger partial charge in [-0.3, -0.25) is 19.9 Å². The number of nitrogens with zero attached hydrogens (tertiary/aromatic N) is 7. The van der Waals surface area contributed by atoms with Gasteiger partial charge in [0.2, 0.25) is 0 Å². The molecule has 0 spiro atoms. The highest BCUT2D eigenvalue weighted by molar-refractivity contribution is 6.05. The third-order valence-corrected chi connectivity index (χ3v) is 11.4. The Morgan fingerprint density at radius 1 is 0.233 bits per heavy atom. The smallest absolute Gasteiger partial charge is 0.164 e. The van der Waals surface area contributed by atoms with Crippen molar-refractivity contribution in [1.29, 1.82) is 0 Å². The molecule has 0 saturated heterocycles. The highest BCUT2D eigenvalue weighted by atomic mass is 15.0. The zero-order valence-corrected chi connectivity index (χ0v) is 32.0. The first-order valence-corrected chi connectivity index (χ1v) is 19.8. The minimum atomic E-state index is 0.617. The van der Waals surface area contributed by atoms with Crippen molar-refractivity contribution in [3.8, 4) is 56.4 Å². The summed E-state index contributed by atoms with van der Waals surface area (Å²) in [5, 5.41) is 8.73. The van der Waals surface area contributed by atoms with Gasteiger partial charge in [0.25, 0.3) is 0 Å². The number of hydrogen-bond acceptors (Lipinski definition) is 7. The van der Waals surface area contributed by atoms with Crippen LogP contribution in [0, 0.1) is 0 Å².